The minimum atomic E-state index is -0.327. The average molecular weight is 431 g/mol. The van der Waals surface area contributed by atoms with Crippen LogP contribution in [0.1, 0.15) is 57.4 Å². The van der Waals surface area contributed by atoms with Crippen LogP contribution in [-0.2, 0) is 9.59 Å². The Labute approximate surface area is 189 Å². The first kappa shape index (κ1) is 20.9. The van der Waals surface area contributed by atoms with Gasteiger partial charge in [0, 0.05) is 13.3 Å². The lowest BCUT2D eigenvalue weighted by Crippen LogP contribution is -2.47. The van der Waals surface area contributed by atoms with Crippen molar-refractivity contribution in [2.75, 3.05) is 0 Å². The normalized spacial score (nSPS) is 28.1. The molecule has 166 valence electrons. The van der Waals surface area contributed by atoms with E-state index in [1.165, 1.54) is 45.4 Å². The zero-order valence-corrected chi connectivity index (χ0v) is 18.5. The molecule has 1 N–H and O–H groups in total. The molecule has 0 saturated heterocycles. The van der Waals surface area contributed by atoms with Gasteiger partial charge in [-0.25, -0.2) is 5.43 Å². The van der Waals surface area contributed by atoms with Gasteiger partial charge in [0.2, 0.25) is 5.91 Å². The standard InChI is InChI=1S/C27H30N2O3/c1-18(30)32-25-8-6-24(7-9-25)23-4-2-19(3-5-23)17-28-29-26(31)16-27-13-20-10-21(14-27)12-22(11-20)15-27/h2-9,17,20-22H,10-16H2,1H3,(H,29,31)/b28-17-. The van der Waals surface area contributed by atoms with Gasteiger partial charge in [0.15, 0.2) is 0 Å². The number of benzene rings is 2. The summed E-state index contributed by atoms with van der Waals surface area (Å²) in [5, 5.41) is 4.21. The molecular formula is C27H30N2O3. The SMILES string of the molecule is CC(=O)Oc1ccc(-c2ccc(/C=N\NC(=O)CC34CC5CC(CC(C5)C3)C4)cc2)cc1. The molecule has 5 heteroatoms. The molecule has 6 rings (SSSR count). The van der Waals surface area contributed by atoms with E-state index >= 15 is 0 Å². The van der Waals surface area contributed by atoms with E-state index < -0.39 is 0 Å². The number of amides is 1. The lowest BCUT2D eigenvalue weighted by molar-refractivity contribution is -0.132. The van der Waals surface area contributed by atoms with Gasteiger partial charge in [0.25, 0.3) is 0 Å². The van der Waals surface area contributed by atoms with E-state index in [0.29, 0.717) is 12.2 Å². The summed E-state index contributed by atoms with van der Waals surface area (Å²) in [6.45, 7) is 1.39. The number of hydrogen-bond acceptors (Lipinski definition) is 4. The number of hydrazone groups is 1. The second kappa shape index (κ2) is 8.53. The fraction of sp³-hybridized carbons (Fsp3) is 0.444. The first-order valence-electron chi connectivity index (χ1n) is 11.7. The number of carbonyl (C=O) groups excluding carboxylic acids is 2. The Balaban J connectivity index is 1.15. The van der Waals surface area contributed by atoms with Crippen molar-refractivity contribution in [3.8, 4) is 16.9 Å². The highest BCUT2D eigenvalue weighted by Crippen LogP contribution is 2.61. The maximum Gasteiger partial charge on any atom is 0.308 e. The molecule has 0 spiro atoms. The molecule has 0 radical (unpaired) electrons. The van der Waals surface area contributed by atoms with Crippen molar-refractivity contribution in [1.29, 1.82) is 0 Å². The van der Waals surface area contributed by atoms with Gasteiger partial charge in [-0.05, 0) is 90.5 Å². The number of esters is 1. The van der Waals surface area contributed by atoms with Gasteiger partial charge in [-0.1, -0.05) is 36.4 Å². The highest BCUT2D eigenvalue weighted by atomic mass is 16.5. The Hall–Kier alpha value is -2.95. The van der Waals surface area contributed by atoms with E-state index in [4.69, 9.17) is 4.74 Å². The summed E-state index contributed by atoms with van der Waals surface area (Å²) in [5.41, 5.74) is 6.02. The third-order valence-corrected chi connectivity index (χ3v) is 7.46. The van der Waals surface area contributed by atoms with E-state index in [1.807, 2.05) is 36.4 Å². The van der Waals surface area contributed by atoms with Crippen molar-refractivity contribution in [1.82, 2.24) is 5.43 Å². The molecule has 0 aliphatic heterocycles. The second-order valence-corrected chi connectivity index (χ2v) is 10.1. The van der Waals surface area contributed by atoms with Crippen LogP contribution in [-0.4, -0.2) is 18.1 Å². The van der Waals surface area contributed by atoms with Crippen LogP contribution >= 0.6 is 0 Å². The maximum atomic E-state index is 12.6. The van der Waals surface area contributed by atoms with E-state index in [1.54, 1.807) is 18.3 Å². The smallest absolute Gasteiger partial charge is 0.308 e. The Morgan fingerprint density at radius 1 is 0.938 bits per heavy atom. The van der Waals surface area contributed by atoms with Crippen LogP contribution in [0.5, 0.6) is 5.75 Å². The molecule has 4 bridgehead atoms. The van der Waals surface area contributed by atoms with Gasteiger partial charge in [0.05, 0.1) is 6.21 Å². The minimum Gasteiger partial charge on any atom is -0.427 e. The van der Waals surface area contributed by atoms with Crippen LogP contribution in [0.2, 0.25) is 0 Å². The number of ether oxygens (including phenoxy) is 1. The first-order valence-corrected chi connectivity index (χ1v) is 11.7. The maximum absolute atomic E-state index is 12.6. The summed E-state index contributed by atoms with van der Waals surface area (Å²) in [6, 6.07) is 15.4. The lowest BCUT2D eigenvalue weighted by atomic mass is 9.49. The van der Waals surface area contributed by atoms with E-state index in [-0.39, 0.29) is 17.3 Å². The van der Waals surface area contributed by atoms with Crippen LogP contribution in [0.15, 0.2) is 53.6 Å². The van der Waals surface area contributed by atoms with E-state index in [0.717, 1.165) is 34.4 Å². The highest BCUT2D eigenvalue weighted by molar-refractivity contribution is 5.83. The van der Waals surface area contributed by atoms with Crippen LogP contribution in [0.4, 0.5) is 0 Å². The molecular weight excluding hydrogens is 400 g/mol. The quantitative estimate of drug-likeness (QED) is 0.291. The number of nitrogens with one attached hydrogen (secondary N) is 1. The van der Waals surface area contributed by atoms with Crippen molar-refractivity contribution >= 4 is 18.1 Å². The highest BCUT2D eigenvalue weighted by Gasteiger charge is 2.51. The molecule has 4 aliphatic carbocycles. The van der Waals surface area contributed by atoms with Crippen LogP contribution < -0.4 is 10.2 Å². The molecule has 2 aromatic rings. The lowest BCUT2D eigenvalue weighted by Gasteiger charge is -2.56. The van der Waals surface area contributed by atoms with Crippen molar-refractivity contribution in [3.05, 3.63) is 54.1 Å². The molecule has 4 saturated carbocycles. The first-order chi connectivity index (χ1) is 15.5. The fourth-order valence-electron chi connectivity index (χ4n) is 6.71. The van der Waals surface area contributed by atoms with Crippen LogP contribution in [0, 0.1) is 23.2 Å². The molecule has 0 atom stereocenters. The molecule has 4 fully saturated rings. The van der Waals surface area contributed by atoms with Crippen molar-refractivity contribution in [2.45, 2.75) is 51.9 Å². The van der Waals surface area contributed by atoms with Crippen LogP contribution in [0.3, 0.4) is 0 Å². The molecule has 32 heavy (non-hydrogen) atoms. The summed E-state index contributed by atoms with van der Waals surface area (Å²) in [6.07, 6.45) is 10.2. The molecule has 4 aliphatic rings. The second-order valence-electron chi connectivity index (χ2n) is 10.1. The molecule has 1 amide bonds. The van der Waals surface area contributed by atoms with Gasteiger partial charge in [-0.2, -0.15) is 5.10 Å². The summed E-state index contributed by atoms with van der Waals surface area (Å²) >= 11 is 0. The predicted octanol–water partition coefficient (Wildman–Crippen LogP) is 5.34. The fourth-order valence-corrected chi connectivity index (χ4v) is 6.71. The van der Waals surface area contributed by atoms with Gasteiger partial charge in [-0.15, -0.1) is 0 Å². The monoisotopic (exact) mass is 430 g/mol. The Kier molecular flexibility index (Phi) is 5.58. The Morgan fingerprint density at radius 2 is 1.47 bits per heavy atom. The molecule has 5 nitrogen and oxygen atoms in total. The zero-order valence-electron chi connectivity index (χ0n) is 18.5. The Bertz CT molecular complexity index is 989. The zero-order chi connectivity index (χ0) is 22.1. The number of rotatable bonds is 6. The largest absolute Gasteiger partial charge is 0.427 e. The summed E-state index contributed by atoms with van der Waals surface area (Å²) < 4.78 is 5.07. The van der Waals surface area contributed by atoms with Gasteiger partial charge >= 0.3 is 5.97 Å². The van der Waals surface area contributed by atoms with Crippen molar-refractivity contribution < 1.29 is 14.3 Å². The molecule has 0 aromatic heterocycles. The summed E-state index contributed by atoms with van der Waals surface area (Å²) in [7, 11) is 0. The molecule has 2 aromatic carbocycles. The van der Waals surface area contributed by atoms with Gasteiger partial charge in [-0.3, -0.25) is 9.59 Å². The number of carbonyl (C=O) groups is 2. The predicted molar refractivity (Wildman–Crippen MR) is 124 cm³/mol. The minimum absolute atomic E-state index is 0.0488. The van der Waals surface area contributed by atoms with Crippen molar-refractivity contribution in [2.24, 2.45) is 28.3 Å². The van der Waals surface area contributed by atoms with Gasteiger partial charge < -0.3 is 4.74 Å². The number of nitrogens with zero attached hydrogens (tertiary/aromatic N) is 1. The summed E-state index contributed by atoms with van der Waals surface area (Å²) in [4.78, 5) is 23.6. The van der Waals surface area contributed by atoms with Crippen molar-refractivity contribution in [3.63, 3.8) is 0 Å². The average Bonchev–Trinajstić information content (AvgIpc) is 2.73. The topological polar surface area (TPSA) is 67.8 Å². The van der Waals surface area contributed by atoms with Crippen LogP contribution in [0.25, 0.3) is 11.1 Å². The third-order valence-electron chi connectivity index (χ3n) is 7.46. The van der Waals surface area contributed by atoms with E-state index in [9.17, 15) is 9.59 Å². The van der Waals surface area contributed by atoms with Gasteiger partial charge in [0.1, 0.15) is 5.75 Å². The molecule has 0 unspecified atom stereocenters. The number of hydrogen-bond donors (Lipinski definition) is 1. The summed E-state index contributed by atoms with van der Waals surface area (Å²) in [5.74, 6) is 2.82. The van der Waals surface area contributed by atoms with E-state index in [2.05, 4.69) is 10.5 Å². The Morgan fingerprint density at radius 3 is 2.00 bits per heavy atom. The molecule has 0 heterocycles. The third kappa shape index (κ3) is 4.62.